The summed E-state index contributed by atoms with van der Waals surface area (Å²) in [5, 5.41) is 10.7. The molecule has 0 radical (unpaired) electrons. The molecule has 0 bridgehead atoms. The summed E-state index contributed by atoms with van der Waals surface area (Å²) in [6.45, 7) is 9.73. The largest absolute Gasteiger partial charge is 0.472 e. The van der Waals surface area contributed by atoms with E-state index in [0.29, 0.717) is 25.7 Å². The second-order valence-corrected chi connectivity index (χ2v) is 34.7. The van der Waals surface area contributed by atoms with Crippen LogP contribution in [0.25, 0.3) is 0 Å². The van der Waals surface area contributed by atoms with Gasteiger partial charge in [0.05, 0.1) is 26.4 Å². The highest BCUT2D eigenvalue weighted by Gasteiger charge is 2.30. The van der Waals surface area contributed by atoms with Crippen molar-refractivity contribution in [3.05, 3.63) is 0 Å². The fourth-order valence-corrected chi connectivity index (χ4v) is 15.1. The van der Waals surface area contributed by atoms with Crippen molar-refractivity contribution in [3.63, 3.8) is 0 Å². The van der Waals surface area contributed by atoms with Gasteiger partial charge in [-0.25, -0.2) is 9.13 Å². The van der Waals surface area contributed by atoms with Crippen LogP contribution in [0.3, 0.4) is 0 Å². The molecule has 630 valence electrons. The van der Waals surface area contributed by atoms with Crippen LogP contribution in [0.5, 0.6) is 0 Å². The molecule has 0 fully saturated rings. The lowest BCUT2D eigenvalue weighted by molar-refractivity contribution is -0.161. The molecule has 0 aliphatic carbocycles. The zero-order valence-electron chi connectivity index (χ0n) is 69.7. The normalized spacial score (nSPS) is 14.3. The summed E-state index contributed by atoms with van der Waals surface area (Å²) in [6.07, 6.45) is 71.0. The predicted molar refractivity (Wildman–Crippen MR) is 437 cm³/mol. The van der Waals surface area contributed by atoms with E-state index in [4.69, 9.17) is 37.0 Å². The number of aliphatic hydroxyl groups is 1. The summed E-state index contributed by atoms with van der Waals surface area (Å²) in [6, 6.07) is 0. The van der Waals surface area contributed by atoms with E-state index in [1.54, 1.807) is 0 Å². The molecular formula is C87H170O17P2. The number of phosphoric ester groups is 2. The van der Waals surface area contributed by atoms with Crippen LogP contribution in [0, 0.1) is 11.8 Å². The van der Waals surface area contributed by atoms with Gasteiger partial charge in [-0.2, -0.15) is 0 Å². The first kappa shape index (κ1) is 104. The van der Waals surface area contributed by atoms with Crippen LogP contribution in [0.15, 0.2) is 0 Å². The van der Waals surface area contributed by atoms with Crippen LogP contribution < -0.4 is 0 Å². The number of phosphoric acid groups is 2. The van der Waals surface area contributed by atoms with E-state index in [0.717, 1.165) is 108 Å². The van der Waals surface area contributed by atoms with Crippen molar-refractivity contribution >= 4 is 39.5 Å². The van der Waals surface area contributed by atoms with Gasteiger partial charge in [-0.3, -0.25) is 37.3 Å². The second-order valence-electron chi connectivity index (χ2n) is 31.8. The number of ether oxygens (including phenoxy) is 4. The van der Waals surface area contributed by atoms with E-state index in [1.807, 2.05) is 0 Å². The van der Waals surface area contributed by atoms with E-state index < -0.39 is 97.5 Å². The number of carbonyl (C=O) groups is 4. The monoisotopic (exact) mass is 1550 g/mol. The van der Waals surface area contributed by atoms with E-state index in [2.05, 4.69) is 41.5 Å². The molecule has 0 saturated heterocycles. The lowest BCUT2D eigenvalue weighted by Gasteiger charge is -2.21. The summed E-state index contributed by atoms with van der Waals surface area (Å²) < 4.78 is 68.8. The highest BCUT2D eigenvalue weighted by atomic mass is 31.2. The van der Waals surface area contributed by atoms with Gasteiger partial charge in [0.15, 0.2) is 12.2 Å². The molecule has 0 aromatic carbocycles. The van der Waals surface area contributed by atoms with Gasteiger partial charge >= 0.3 is 39.5 Å². The van der Waals surface area contributed by atoms with Crippen molar-refractivity contribution in [2.45, 2.75) is 484 Å². The second kappa shape index (κ2) is 78.3. The number of carbonyl (C=O) groups excluding carboxylic acids is 4. The third kappa shape index (κ3) is 77.4. The molecule has 0 rings (SSSR count). The Bertz CT molecular complexity index is 2030. The Kier molecular flexibility index (Phi) is 76.9. The van der Waals surface area contributed by atoms with Gasteiger partial charge in [-0.05, 0) is 37.5 Å². The quantitative estimate of drug-likeness (QED) is 0.0222. The Labute approximate surface area is 651 Å². The maximum absolute atomic E-state index is 13.2. The van der Waals surface area contributed by atoms with Crippen LogP contribution in [-0.4, -0.2) is 96.7 Å². The minimum absolute atomic E-state index is 0.106. The topological polar surface area (TPSA) is 237 Å². The summed E-state index contributed by atoms with van der Waals surface area (Å²) >= 11 is 0. The first-order valence-electron chi connectivity index (χ1n) is 45.1. The summed E-state index contributed by atoms with van der Waals surface area (Å²) in [4.78, 5) is 73.1. The van der Waals surface area contributed by atoms with Crippen molar-refractivity contribution < 1.29 is 80.2 Å². The molecule has 106 heavy (non-hydrogen) atoms. The Morgan fingerprint density at radius 2 is 0.453 bits per heavy atom. The van der Waals surface area contributed by atoms with Gasteiger partial charge in [-0.1, -0.05) is 414 Å². The van der Waals surface area contributed by atoms with E-state index >= 15 is 0 Å². The van der Waals surface area contributed by atoms with E-state index in [-0.39, 0.29) is 25.7 Å². The van der Waals surface area contributed by atoms with Crippen LogP contribution in [-0.2, 0) is 65.4 Å². The molecule has 0 aromatic rings. The van der Waals surface area contributed by atoms with Crippen molar-refractivity contribution in [2.24, 2.45) is 11.8 Å². The van der Waals surface area contributed by atoms with Crippen LogP contribution >= 0.6 is 15.6 Å². The van der Waals surface area contributed by atoms with Crippen LogP contribution in [0.1, 0.15) is 465 Å². The average molecular weight is 1550 g/mol. The van der Waals surface area contributed by atoms with Gasteiger partial charge < -0.3 is 33.8 Å². The third-order valence-electron chi connectivity index (χ3n) is 21.2. The number of hydrogen-bond acceptors (Lipinski definition) is 15. The first-order valence-corrected chi connectivity index (χ1v) is 48.1. The fraction of sp³-hybridized carbons (Fsp3) is 0.954. The Balaban J connectivity index is 5.17. The Hall–Kier alpha value is -1.94. The standard InChI is InChI=1S/C87H170O17P2/c1-7-11-13-15-17-19-20-21-22-23-24-25-26-27-31-34-37-40-46-52-58-64-70-85(90)98-76-83(104-86(91)71-65-59-53-47-41-38-35-32-29-28-30-33-36-39-44-49-55-61-67-79(5)9-3)78-102-106(95,96)100-74-81(88)73-99-105(93,94)101-77-82(75-97-84(89)69-63-57-51-18-16-14-12-8-2)103-87(92)72-66-60-54-48-43-42-45-50-56-62-68-80(6)10-4/h79-83,88H,7-78H2,1-6H3,(H,93,94)(H,95,96)/t79?,80?,81-,82+,83+/m0/s1. The fourth-order valence-electron chi connectivity index (χ4n) is 13.5. The smallest absolute Gasteiger partial charge is 0.462 e. The number of rotatable bonds is 86. The van der Waals surface area contributed by atoms with Crippen molar-refractivity contribution in [1.29, 1.82) is 0 Å². The molecule has 3 N–H and O–H groups in total. The number of unbranched alkanes of at least 4 members (excludes halogenated alkanes) is 54. The van der Waals surface area contributed by atoms with Gasteiger partial charge in [0.1, 0.15) is 19.3 Å². The highest BCUT2D eigenvalue weighted by Crippen LogP contribution is 2.45. The molecule has 17 nitrogen and oxygen atoms in total. The molecule has 7 atom stereocenters. The van der Waals surface area contributed by atoms with Gasteiger partial charge in [0.25, 0.3) is 0 Å². The number of hydrogen-bond donors (Lipinski definition) is 3. The maximum Gasteiger partial charge on any atom is 0.472 e. The predicted octanol–water partition coefficient (Wildman–Crippen LogP) is 26.6. The summed E-state index contributed by atoms with van der Waals surface area (Å²) in [7, 11) is -9.92. The first-order chi connectivity index (χ1) is 51.4. The summed E-state index contributed by atoms with van der Waals surface area (Å²) in [5.41, 5.74) is 0. The lowest BCUT2D eigenvalue weighted by Crippen LogP contribution is -2.30. The number of esters is 4. The highest BCUT2D eigenvalue weighted by molar-refractivity contribution is 7.47. The molecule has 0 saturated carbocycles. The van der Waals surface area contributed by atoms with Crippen LogP contribution in [0.4, 0.5) is 0 Å². The minimum Gasteiger partial charge on any atom is -0.462 e. The molecule has 19 heteroatoms. The van der Waals surface area contributed by atoms with Crippen LogP contribution in [0.2, 0.25) is 0 Å². The minimum atomic E-state index is -4.97. The van der Waals surface area contributed by atoms with E-state index in [9.17, 15) is 43.2 Å². The zero-order chi connectivity index (χ0) is 77.8. The molecule has 0 aliphatic heterocycles. The van der Waals surface area contributed by atoms with Gasteiger partial charge in [-0.15, -0.1) is 0 Å². The van der Waals surface area contributed by atoms with E-state index in [1.165, 1.54) is 276 Å². The van der Waals surface area contributed by atoms with Gasteiger partial charge in [0.2, 0.25) is 0 Å². The Morgan fingerprint density at radius 3 is 0.670 bits per heavy atom. The van der Waals surface area contributed by atoms with Crippen molar-refractivity contribution in [1.82, 2.24) is 0 Å². The number of aliphatic hydroxyl groups excluding tert-OH is 1. The van der Waals surface area contributed by atoms with Gasteiger partial charge in [0, 0.05) is 25.7 Å². The SMILES string of the molecule is CCCCCCCCCCCCCCCCCCCCCCCCC(=O)OC[C@H](COP(=O)(O)OC[C@@H](O)COP(=O)(O)OC[C@@H](COC(=O)CCCCCCCCCC)OC(=O)CCCCCCCCCCCCC(C)CC)OC(=O)CCCCCCCCCCCCCCCCCCCCC(C)CC. The summed E-state index contributed by atoms with van der Waals surface area (Å²) in [5.74, 6) is -0.432. The molecule has 0 aliphatic rings. The lowest BCUT2D eigenvalue weighted by atomic mass is 9.99. The Morgan fingerprint density at radius 1 is 0.264 bits per heavy atom. The molecule has 0 heterocycles. The molecule has 0 spiro atoms. The molecule has 4 unspecified atom stereocenters. The maximum atomic E-state index is 13.2. The van der Waals surface area contributed by atoms with Crippen molar-refractivity contribution in [2.75, 3.05) is 39.6 Å². The molecule has 0 amide bonds. The van der Waals surface area contributed by atoms with Crippen molar-refractivity contribution in [3.8, 4) is 0 Å². The third-order valence-corrected chi connectivity index (χ3v) is 23.1. The molecule has 0 aromatic heterocycles. The average Bonchev–Trinajstić information content (AvgIpc) is 0.911. The molecular weight excluding hydrogens is 1380 g/mol. The zero-order valence-corrected chi connectivity index (χ0v) is 71.5.